The maximum absolute atomic E-state index is 14.2. The molecule has 2 saturated heterocycles. The van der Waals surface area contributed by atoms with E-state index in [1.807, 2.05) is 0 Å². The summed E-state index contributed by atoms with van der Waals surface area (Å²) in [6, 6.07) is 5.73. The zero-order chi connectivity index (χ0) is 16.5. The Kier molecular flexibility index (Phi) is 4.02. The van der Waals surface area contributed by atoms with Gasteiger partial charge in [-0.05, 0) is 49.8 Å². The fourth-order valence-electron chi connectivity index (χ4n) is 3.92. The number of nitrogens with zero attached hydrogens (tertiary/aromatic N) is 3. The van der Waals surface area contributed by atoms with Gasteiger partial charge in [0.1, 0.15) is 18.3 Å². The van der Waals surface area contributed by atoms with Crippen molar-refractivity contribution in [3.63, 3.8) is 0 Å². The minimum absolute atomic E-state index is 0.0470. The van der Waals surface area contributed by atoms with Crippen LogP contribution < -0.4 is 10.6 Å². The van der Waals surface area contributed by atoms with Gasteiger partial charge in [-0.1, -0.05) is 0 Å². The number of benzene rings is 1. The number of amides is 1. The molecule has 0 spiro atoms. The Hall–Kier alpha value is -2.28. The molecule has 2 atom stereocenters. The van der Waals surface area contributed by atoms with Gasteiger partial charge in [-0.3, -0.25) is 4.79 Å². The molecular weight excluding hydrogens is 309 g/mol. The summed E-state index contributed by atoms with van der Waals surface area (Å²) in [6.45, 7) is 0. The van der Waals surface area contributed by atoms with Crippen LogP contribution in [0.15, 0.2) is 30.9 Å². The number of aromatic nitrogens is 3. The molecule has 2 fully saturated rings. The third kappa shape index (κ3) is 3.17. The van der Waals surface area contributed by atoms with Crippen molar-refractivity contribution in [2.45, 2.75) is 44.2 Å². The van der Waals surface area contributed by atoms with Crippen molar-refractivity contribution in [3.8, 4) is 5.69 Å². The summed E-state index contributed by atoms with van der Waals surface area (Å²) in [7, 11) is 0. The predicted molar refractivity (Wildman–Crippen MR) is 87.2 cm³/mol. The van der Waals surface area contributed by atoms with Gasteiger partial charge in [0.15, 0.2) is 5.82 Å². The summed E-state index contributed by atoms with van der Waals surface area (Å²) in [5, 5.41) is 10.3. The van der Waals surface area contributed by atoms with Crippen molar-refractivity contribution >= 4 is 11.6 Å². The molecule has 0 aliphatic carbocycles. The van der Waals surface area contributed by atoms with Crippen LogP contribution in [-0.4, -0.2) is 32.8 Å². The largest absolute Gasteiger partial charge is 0.326 e. The number of hydrogen-bond acceptors (Lipinski definition) is 4. The number of piperidine rings is 1. The maximum atomic E-state index is 14.2. The first-order valence-corrected chi connectivity index (χ1v) is 8.38. The van der Waals surface area contributed by atoms with Crippen molar-refractivity contribution in [2.24, 2.45) is 5.92 Å². The fourth-order valence-corrected chi connectivity index (χ4v) is 3.92. The minimum atomic E-state index is -0.446. The summed E-state index contributed by atoms with van der Waals surface area (Å²) < 4.78 is 15.5. The molecule has 6 nitrogen and oxygen atoms in total. The number of anilines is 1. The monoisotopic (exact) mass is 329 g/mol. The van der Waals surface area contributed by atoms with Crippen LogP contribution in [0.1, 0.15) is 32.1 Å². The van der Waals surface area contributed by atoms with Crippen molar-refractivity contribution in [1.29, 1.82) is 0 Å². The van der Waals surface area contributed by atoms with Crippen molar-refractivity contribution < 1.29 is 9.18 Å². The molecule has 2 aromatic rings. The van der Waals surface area contributed by atoms with Crippen LogP contribution in [0, 0.1) is 11.7 Å². The first kappa shape index (κ1) is 15.3. The van der Waals surface area contributed by atoms with Gasteiger partial charge in [0.05, 0.1) is 0 Å². The van der Waals surface area contributed by atoms with Gasteiger partial charge in [-0.2, -0.15) is 5.10 Å². The zero-order valence-electron chi connectivity index (χ0n) is 13.3. The van der Waals surface area contributed by atoms with Crippen molar-refractivity contribution in [2.75, 3.05) is 5.32 Å². The SMILES string of the molecule is O=C(CC1CC2CCC(C1)N2)Nc1ccc(-n2cncn2)c(F)c1. The molecule has 2 aliphatic heterocycles. The summed E-state index contributed by atoms with van der Waals surface area (Å²) in [5.41, 5.74) is 0.777. The van der Waals surface area contributed by atoms with Crippen molar-refractivity contribution in [3.05, 3.63) is 36.7 Å². The topological polar surface area (TPSA) is 71.8 Å². The maximum Gasteiger partial charge on any atom is 0.224 e. The Bertz CT molecular complexity index is 721. The van der Waals surface area contributed by atoms with Crippen LogP contribution in [0.2, 0.25) is 0 Å². The van der Waals surface area contributed by atoms with E-state index in [-0.39, 0.29) is 5.91 Å². The number of carbonyl (C=O) groups is 1. The molecule has 2 aliphatic rings. The number of fused-ring (bicyclic) bond motifs is 2. The molecule has 0 saturated carbocycles. The van der Waals surface area contributed by atoms with E-state index in [1.54, 1.807) is 12.1 Å². The second kappa shape index (κ2) is 6.32. The van der Waals surface area contributed by atoms with Crippen LogP contribution in [0.4, 0.5) is 10.1 Å². The highest BCUT2D eigenvalue weighted by Gasteiger charge is 2.34. The third-order valence-corrected chi connectivity index (χ3v) is 4.94. The molecule has 1 aromatic heterocycles. The Morgan fingerprint density at radius 3 is 2.79 bits per heavy atom. The molecule has 24 heavy (non-hydrogen) atoms. The molecule has 0 radical (unpaired) electrons. The second-order valence-corrected chi connectivity index (χ2v) is 6.73. The summed E-state index contributed by atoms with van der Waals surface area (Å²) in [5.74, 6) is -0.0737. The van der Waals surface area contributed by atoms with Crippen molar-refractivity contribution in [1.82, 2.24) is 20.1 Å². The summed E-state index contributed by atoms with van der Waals surface area (Å²) in [4.78, 5) is 16.1. The van der Waals surface area contributed by atoms with Crippen LogP contribution in [0.25, 0.3) is 5.69 Å². The second-order valence-electron chi connectivity index (χ2n) is 6.73. The third-order valence-electron chi connectivity index (χ3n) is 4.94. The van der Waals surface area contributed by atoms with E-state index in [2.05, 4.69) is 20.7 Å². The van der Waals surface area contributed by atoms with Crippen LogP contribution in [0.3, 0.4) is 0 Å². The summed E-state index contributed by atoms with van der Waals surface area (Å²) in [6.07, 6.45) is 7.84. The smallest absolute Gasteiger partial charge is 0.224 e. The van der Waals surface area contributed by atoms with E-state index in [4.69, 9.17) is 0 Å². The standard InChI is InChI=1S/C17H20FN5O/c18-15-8-14(3-4-16(15)23-10-19-9-20-23)22-17(24)7-11-5-12-1-2-13(6-11)21-12/h3-4,8-13,21H,1-2,5-7H2,(H,22,24). The van der Waals surface area contributed by atoms with E-state index < -0.39 is 5.82 Å². The first-order chi connectivity index (χ1) is 11.7. The number of nitrogens with one attached hydrogen (secondary N) is 2. The van der Waals surface area contributed by atoms with Gasteiger partial charge in [-0.15, -0.1) is 0 Å². The van der Waals surface area contributed by atoms with E-state index in [0.717, 1.165) is 12.8 Å². The lowest BCUT2D eigenvalue weighted by Crippen LogP contribution is -2.39. The lowest BCUT2D eigenvalue weighted by atomic mass is 9.89. The van der Waals surface area contributed by atoms with Crippen LogP contribution in [-0.2, 0) is 4.79 Å². The highest BCUT2D eigenvalue weighted by molar-refractivity contribution is 5.91. The highest BCUT2D eigenvalue weighted by Crippen LogP contribution is 2.32. The minimum Gasteiger partial charge on any atom is -0.326 e. The lowest BCUT2D eigenvalue weighted by molar-refractivity contribution is -0.117. The average Bonchev–Trinajstić information content (AvgIpc) is 3.17. The molecule has 3 heterocycles. The lowest BCUT2D eigenvalue weighted by Gasteiger charge is -2.28. The van der Waals surface area contributed by atoms with Gasteiger partial charge in [0.25, 0.3) is 0 Å². The molecular formula is C17H20FN5O. The van der Waals surface area contributed by atoms with Gasteiger partial charge < -0.3 is 10.6 Å². The number of rotatable bonds is 4. The van der Waals surface area contributed by atoms with Gasteiger partial charge >= 0.3 is 0 Å². The Balaban J connectivity index is 1.38. The van der Waals surface area contributed by atoms with Gasteiger partial charge in [0.2, 0.25) is 5.91 Å². The molecule has 126 valence electrons. The fraction of sp³-hybridized carbons (Fsp3) is 0.471. The molecule has 2 unspecified atom stereocenters. The van der Waals surface area contributed by atoms with Crippen LogP contribution in [0.5, 0.6) is 0 Å². The molecule has 1 amide bonds. The number of hydrogen-bond donors (Lipinski definition) is 2. The molecule has 2 N–H and O–H groups in total. The predicted octanol–water partition coefficient (Wildman–Crippen LogP) is 2.27. The van der Waals surface area contributed by atoms with E-state index >= 15 is 0 Å². The molecule has 1 aromatic carbocycles. The van der Waals surface area contributed by atoms with Crippen LogP contribution >= 0.6 is 0 Å². The Morgan fingerprint density at radius 1 is 1.33 bits per heavy atom. The first-order valence-electron chi connectivity index (χ1n) is 8.38. The Morgan fingerprint density at radius 2 is 2.12 bits per heavy atom. The highest BCUT2D eigenvalue weighted by atomic mass is 19.1. The molecule has 7 heteroatoms. The number of carbonyl (C=O) groups excluding carboxylic acids is 1. The zero-order valence-corrected chi connectivity index (χ0v) is 13.3. The Labute approximate surface area is 139 Å². The van der Waals surface area contributed by atoms with Gasteiger partial charge in [-0.25, -0.2) is 14.1 Å². The summed E-state index contributed by atoms with van der Waals surface area (Å²) >= 11 is 0. The normalized spacial score (nSPS) is 25.6. The van der Waals surface area contributed by atoms with Gasteiger partial charge in [0, 0.05) is 24.2 Å². The quantitative estimate of drug-likeness (QED) is 0.902. The average molecular weight is 329 g/mol. The van der Waals surface area contributed by atoms with E-state index in [0.29, 0.717) is 35.8 Å². The number of halogens is 1. The van der Waals surface area contributed by atoms with E-state index in [1.165, 1.54) is 36.2 Å². The molecule has 4 rings (SSSR count). The van der Waals surface area contributed by atoms with E-state index in [9.17, 15) is 9.18 Å². The molecule has 2 bridgehead atoms.